The van der Waals surface area contributed by atoms with Crippen LogP contribution >= 0.6 is 0 Å². The van der Waals surface area contributed by atoms with Crippen molar-refractivity contribution < 1.29 is 4.79 Å². The molecule has 0 saturated heterocycles. The SMILES string of the molecule is CCCC(C)C(=O)Nc1ccc(-n2cccn2)cc1. The maximum absolute atomic E-state index is 11.9. The second-order valence-corrected chi connectivity index (χ2v) is 4.68. The lowest BCUT2D eigenvalue weighted by Gasteiger charge is -2.11. The number of aromatic nitrogens is 2. The van der Waals surface area contributed by atoms with Gasteiger partial charge < -0.3 is 5.32 Å². The zero-order chi connectivity index (χ0) is 13.7. The summed E-state index contributed by atoms with van der Waals surface area (Å²) in [4.78, 5) is 11.9. The fourth-order valence-corrected chi connectivity index (χ4v) is 1.95. The second kappa shape index (κ2) is 6.18. The third-order valence-corrected chi connectivity index (χ3v) is 3.07. The topological polar surface area (TPSA) is 46.9 Å². The Bertz CT molecular complexity index is 517. The van der Waals surface area contributed by atoms with E-state index >= 15 is 0 Å². The van der Waals surface area contributed by atoms with E-state index in [0.29, 0.717) is 0 Å². The summed E-state index contributed by atoms with van der Waals surface area (Å²) < 4.78 is 1.78. The van der Waals surface area contributed by atoms with Crippen molar-refractivity contribution in [1.29, 1.82) is 0 Å². The highest BCUT2D eigenvalue weighted by molar-refractivity contribution is 5.92. The van der Waals surface area contributed by atoms with Crippen LogP contribution in [0.2, 0.25) is 0 Å². The number of anilines is 1. The molecule has 4 nitrogen and oxygen atoms in total. The minimum absolute atomic E-state index is 0.0517. The van der Waals surface area contributed by atoms with E-state index in [1.54, 1.807) is 10.9 Å². The monoisotopic (exact) mass is 257 g/mol. The van der Waals surface area contributed by atoms with Crippen LogP contribution in [-0.2, 0) is 4.79 Å². The van der Waals surface area contributed by atoms with Crippen molar-refractivity contribution in [3.63, 3.8) is 0 Å². The predicted octanol–water partition coefficient (Wildman–Crippen LogP) is 3.25. The quantitative estimate of drug-likeness (QED) is 0.893. The van der Waals surface area contributed by atoms with Crippen LogP contribution in [0, 0.1) is 5.92 Å². The Hall–Kier alpha value is -2.10. The molecule has 0 aliphatic heterocycles. The van der Waals surface area contributed by atoms with Gasteiger partial charge in [0.05, 0.1) is 5.69 Å². The van der Waals surface area contributed by atoms with Crippen molar-refractivity contribution in [2.75, 3.05) is 5.32 Å². The first kappa shape index (κ1) is 13.3. The number of carbonyl (C=O) groups excluding carboxylic acids is 1. The van der Waals surface area contributed by atoms with Gasteiger partial charge in [-0.1, -0.05) is 20.3 Å². The highest BCUT2D eigenvalue weighted by Crippen LogP contribution is 2.14. The van der Waals surface area contributed by atoms with Gasteiger partial charge in [-0.15, -0.1) is 0 Å². The lowest BCUT2D eigenvalue weighted by molar-refractivity contribution is -0.119. The molecule has 0 saturated carbocycles. The zero-order valence-electron chi connectivity index (χ0n) is 11.3. The summed E-state index contributed by atoms with van der Waals surface area (Å²) >= 11 is 0. The van der Waals surface area contributed by atoms with Gasteiger partial charge in [0, 0.05) is 24.0 Å². The molecule has 0 aliphatic rings. The lowest BCUT2D eigenvalue weighted by atomic mass is 10.1. The van der Waals surface area contributed by atoms with Crippen LogP contribution in [0.3, 0.4) is 0 Å². The summed E-state index contributed by atoms with van der Waals surface area (Å²) in [6, 6.07) is 9.55. The summed E-state index contributed by atoms with van der Waals surface area (Å²) in [6.45, 7) is 4.04. The van der Waals surface area contributed by atoms with Crippen LogP contribution in [0.15, 0.2) is 42.7 Å². The van der Waals surface area contributed by atoms with Crippen molar-refractivity contribution in [2.45, 2.75) is 26.7 Å². The number of carbonyl (C=O) groups is 1. The number of hydrogen-bond donors (Lipinski definition) is 1. The van der Waals surface area contributed by atoms with Crippen molar-refractivity contribution in [3.8, 4) is 5.69 Å². The summed E-state index contributed by atoms with van der Waals surface area (Å²) in [7, 11) is 0. The second-order valence-electron chi connectivity index (χ2n) is 4.68. The number of benzene rings is 1. The largest absolute Gasteiger partial charge is 0.326 e. The maximum atomic E-state index is 11.9. The molecular formula is C15H19N3O. The number of nitrogens with zero attached hydrogens (tertiary/aromatic N) is 2. The van der Waals surface area contributed by atoms with Gasteiger partial charge in [-0.05, 0) is 36.8 Å². The molecule has 0 fully saturated rings. The lowest BCUT2D eigenvalue weighted by Crippen LogP contribution is -2.20. The van der Waals surface area contributed by atoms with Gasteiger partial charge in [0.25, 0.3) is 0 Å². The summed E-state index contributed by atoms with van der Waals surface area (Å²) in [6.07, 6.45) is 5.56. The van der Waals surface area contributed by atoms with E-state index in [1.165, 1.54) is 0 Å². The van der Waals surface area contributed by atoms with Crippen LogP contribution in [0.1, 0.15) is 26.7 Å². The highest BCUT2D eigenvalue weighted by atomic mass is 16.1. The van der Waals surface area contributed by atoms with Gasteiger partial charge in [0.15, 0.2) is 0 Å². The van der Waals surface area contributed by atoms with Gasteiger partial charge in [-0.25, -0.2) is 4.68 Å². The average Bonchev–Trinajstić information content (AvgIpc) is 2.94. The van der Waals surface area contributed by atoms with E-state index in [-0.39, 0.29) is 11.8 Å². The number of nitrogens with one attached hydrogen (secondary N) is 1. The van der Waals surface area contributed by atoms with Gasteiger partial charge in [-0.2, -0.15) is 5.10 Å². The molecule has 0 spiro atoms. The molecule has 0 aliphatic carbocycles. The molecule has 1 N–H and O–H groups in total. The first-order valence-electron chi connectivity index (χ1n) is 6.61. The Morgan fingerprint density at radius 3 is 2.68 bits per heavy atom. The molecule has 0 bridgehead atoms. The van der Waals surface area contributed by atoms with Gasteiger partial charge in [0.2, 0.25) is 5.91 Å². The molecule has 100 valence electrons. The first-order chi connectivity index (χ1) is 9.20. The zero-order valence-corrected chi connectivity index (χ0v) is 11.3. The Morgan fingerprint density at radius 2 is 2.11 bits per heavy atom. The van der Waals surface area contributed by atoms with E-state index in [9.17, 15) is 4.79 Å². The van der Waals surface area contributed by atoms with Crippen molar-refractivity contribution >= 4 is 11.6 Å². The van der Waals surface area contributed by atoms with Crippen LogP contribution in [0.4, 0.5) is 5.69 Å². The molecule has 1 aromatic heterocycles. The third kappa shape index (κ3) is 3.44. The van der Waals surface area contributed by atoms with E-state index < -0.39 is 0 Å². The molecule has 2 rings (SSSR count). The fraction of sp³-hybridized carbons (Fsp3) is 0.333. The van der Waals surface area contributed by atoms with Crippen LogP contribution in [0.25, 0.3) is 5.69 Å². The van der Waals surface area contributed by atoms with Crippen LogP contribution in [-0.4, -0.2) is 15.7 Å². The van der Waals surface area contributed by atoms with Crippen LogP contribution < -0.4 is 5.32 Å². The van der Waals surface area contributed by atoms with Crippen LogP contribution in [0.5, 0.6) is 0 Å². The average molecular weight is 257 g/mol. The predicted molar refractivity (Wildman–Crippen MR) is 76.3 cm³/mol. The molecule has 2 aromatic rings. The summed E-state index contributed by atoms with van der Waals surface area (Å²) in [5.41, 5.74) is 1.80. The highest BCUT2D eigenvalue weighted by Gasteiger charge is 2.11. The molecule has 1 amide bonds. The van der Waals surface area contributed by atoms with E-state index in [1.807, 2.05) is 43.5 Å². The maximum Gasteiger partial charge on any atom is 0.227 e. The van der Waals surface area contributed by atoms with Gasteiger partial charge in [-0.3, -0.25) is 4.79 Å². The first-order valence-corrected chi connectivity index (χ1v) is 6.61. The molecule has 1 aromatic carbocycles. The Kier molecular flexibility index (Phi) is 4.34. The molecule has 1 unspecified atom stereocenters. The molecule has 4 heteroatoms. The van der Waals surface area contributed by atoms with E-state index in [4.69, 9.17) is 0 Å². The number of rotatable bonds is 5. The van der Waals surface area contributed by atoms with Crippen molar-refractivity contribution in [3.05, 3.63) is 42.7 Å². The Morgan fingerprint density at radius 1 is 1.37 bits per heavy atom. The molecule has 1 atom stereocenters. The molecular weight excluding hydrogens is 238 g/mol. The minimum atomic E-state index is 0.0517. The summed E-state index contributed by atoms with van der Waals surface area (Å²) in [5, 5.41) is 7.09. The summed E-state index contributed by atoms with van der Waals surface area (Å²) in [5.74, 6) is 0.129. The molecule has 0 radical (unpaired) electrons. The standard InChI is InChI=1S/C15H19N3O/c1-3-5-12(2)15(19)17-13-6-8-14(9-7-13)18-11-4-10-16-18/h4,6-12H,3,5H2,1-2H3,(H,17,19). The van der Waals surface area contributed by atoms with Gasteiger partial charge in [0.1, 0.15) is 0 Å². The normalized spacial score (nSPS) is 12.1. The minimum Gasteiger partial charge on any atom is -0.326 e. The third-order valence-electron chi connectivity index (χ3n) is 3.07. The Labute approximate surface area is 113 Å². The smallest absolute Gasteiger partial charge is 0.227 e. The molecule has 1 heterocycles. The van der Waals surface area contributed by atoms with E-state index in [2.05, 4.69) is 17.3 Å². The van der Waals surface area contributed by atoms with Crippen molar-refractivity contribution in [2.24, 2.45) is 5.92 Å². The van der Waals surface area contributed by atoms with Gasteiger partial charge >= 0.3 is 0 Å². The fourth-order valence-electron chi connectivity index (χ4n) is 1.95. The Balaban J connectivity index is 2.01. The van der Waals surface area contributed by atoms with E-state index in [0.717, 1.165) is 24.2 Å². The number of amides is 1. The molecule has 19 heavy (non-hydrogen) atoms. The van der Waals surface area contributed by atoms with Crippen molar-refractivity contribution in [1.82, 2.24) is 9.78 Å². The number of hydrogen-bond acceptors (Lipinski definition) is 2.